The highest BCUT2D eigenvalue weighted by Gasteiger charge is 2.27. The minimum Gasteiger partial charge on any atom is -0.376 e. The molecular formula is C26H38N4O4. The lowest BCUT2D eigenvalue weighted by Gasteiger charge is -2.37. The molecule has 186 valence electrons. The van der Waals surface area contributed by atoms with Gasteiger partial charge in [-0.3, -0.25) is 9.59 Å². The van der Waals surface area contributed by atoms with E-state index in [0.29, 0.717) is 30.4 Å². The number of hydrogen-bond donors (Lipinski definition) is 0. The molecule has 0 bridgehead atoms. The fourth-order valence-corrected chi connectivity index (χ4v) is 5.25. The number of aldehydes is 2. The van der Waals surface area contributed by atoms with E-state index in [1.807, 2.05) is 30.0 Å². The Hall–Kier alpha value is -2.74. The Morgan fingerprint density at radius 3 is 2.24 bits per heavy atom. The van der Waals surface area contributed by atoms with Gasteiger partial charge >= 0.3 is 0 Å². The highest BCUT2D eigenvalue weighted by Crippen LogP contribution is 2.36. The first-order chi connectivity index (χ1) is 16.5. The standard InChI is InChI=1S/C26H38N4O4/c1-27(2)26-16-23(5-6-25(26)30(20-34)24(18-32)4-3-15-31)22-9-13-28(14-10-22)17-21-7-11-29(19-33)12-8-21/h5-6,15-16,18-22,24H,3-4,7-14,17H2,1-2H3. The van der Waals surface area contributed by atoms with Crippen LogP contribution in [0.25, 0.3) is 0 Å². The second-order valence-electron chi connectivity index (χ2n) is 9.76. The van der Waals surface area contributed by atoms with Crippen molar-refractivity contribution >= 4 is 36.8 Å². The summed E-state index contributed by atoms with van der Waals surface area (Å²) in [6.45, 7) is 5.00. The van der Waals surface area contributed by atoms with Gasteiger partial charge < -0.3 is 29.2 Å². The van der Waals surface area contributed by atoms with Crippen LogP contribution in [0, 0.1) is 5.92 Å². The number of carbonyl (C=O) groups excluding carboxylic acids is 4. The normalized spacial score (nSPS) is 18.8. The second kappa shape index (κ2) is 12.6. The Kier molecular flexibility index (Phi) is 9.62. The molecule has 8 nitrogen and oxygen atoms in total. The number of anilines is 2. The predicted octanol–water partition coefficient (Wildman–Crippen LogP) is 2.31. The third-order valence-electron chi connectivity index (χ3n) is 7.34. The van der Waals surface area contributed by atoms with Crippen LogP contribution in [0.4, 0.5) is 11.4 Å². The summed E-state index contributed by atoms with van der Waals surface area (Å²) in [7, 11) is 3.87. The van der Waals surface area contributed by atoms with E-state index in [1.54, 1.807) is 0 Å². The highest BCUT2D eigenvalue weighted by atomic mass is 16.1. The van der Waals surface area contributed by atoms with Crippen molar-refractivity contribution in [1.29, 1.82) is 0 Å². The van der Waals surface area contributed by atoms with Crippen LogP contribution in [0.3, 0.4) is 0 Å². The first-order valence-corrected chi connectivity index (χ1v) is 12.4. The molecule has 2 fully saturated rings. The third-order valence-corrected chi connectivity index (χ3v) is 7.34. The van der Waals surface area contributed by atoms with Crippen molar-refractivity contribution in [3.05, 3.63) is 23.8 Å². The molecule has 2 saturated heterocycles. The Morgan fingerprint density at radius 2 is 1.68 bits per heavy atom. The zero-order valence-corrected chi connectivity index (χ0v) is 20.5. The van der Waals surface area contributed by atoms with Crippen molar-refractivity contribution in [2.75, 3.05) is 56.6 Å². The average molecular weight is 471 g/mol. The number of amides is 2. The van der Waals surface area contributed by atoms with Crippen molar-refractivity contribution in [2.45, 2.75) is 50.5 Å². The van der Waals surface area contributed by atoms with Gasteiger partial charge in [0, 0.05) is 40.2 Å². The first kappa shape index (κ1) is 25.9. The van der Waals surface area contributed by atoms with Crippen molar-refractivity contribution in [3.8, 4) is 0 Å². The van der Waals surface area contributed by atoms with Crippen LogP contribution in [0.5, 0.6) is 0 Å². The molecule has 0 radical (unpaired) electrons. The lowest BCUT2D eigenvalue weighted by atomic mass is 9.87. The van der Waals surface area contributed by atoms with Crippen molar-refractivity contribution in [2.24, 2.45) is 5.92 Å². The molecule has 0 spiro atoms. The van der Waals surface area contributed by atoms with Crippen LogP contribution in [0.2, 0.25) is 0 Å². The third kappa shape index (κ3) is 6.44. The summed E-state index contributed by atoms with van der Waals surface area (Å²) in [4.78, 5) is 53.1. The van der Waals surface area contributed by atoms with Gasteiger partial charge in [0.1, 0.15) is 12.6 Å². The van der Waals surface area contributed by atoms with Crippen molar-refractivity contribution in [3.63, 3.8) is 0 Å². The fourth-order valence-electron chi connectivity index (χ4n) is 5.25. The number of likely N-dealkylation sites (tertiary alicyclic amines) is 2. The van der Waals surface area contributed by atoms with Crippen LogP contribution >= 0.6 is 0 Å². The Labute approximate surface area is 202 Å². The zero-order chi connectivity index (χ0) is 24.5. The molecule has 1 atom stereocenters. The van der Waals surface area contributed by atoms with E-state index < -0.39 is 6.04 Å². The summed E-state index contributed by atoms with van der Waals surface area (Å²) in [6.07, 6.45) is 8.07. The van der Waals surface area contributed by atoms with Gasteiger partial charge in [0.25, 0.3) is 0 Å². The summed E-state index contributed by atoms with van der Waals surface area (Å²) >= 11 is 0. The molecule has 0 aromatic heterocycles. The number of nitrogens with zero attached hydrogens (tertiary/aromatic N) is 4. The molecular weight excluding hydrogens is 432 g/mol. The topological polar surface area (TPSA) is 81.2 Å². The average Bonchev–Trinajstić information content (AvgIpc) is 2.87. The van der Waals surface area contributed by atoms with E-state index in [4.69, 9.17) is 0 Å². The molecule has 1 aromatic carbocycles. The van der Waals surface area contributed by atoms with Crippen LogP contribution in [0.15, 0.2) is 18.2 Å². The van der Waals surface area contributed by atoms with E-state index >= 15 is 0 Å². The van der Waals surface area contributed by atoms with Gasteiger partial charge in [-0.05, 0) is 74.7 Å². The fraction of sp³-hybridized carbons (Fsp3) is 0.615. The molecule has 2 aliphatic rings. The van der Waals surface area contributed by atoms with E-state index in [9.17, 15) is 19.2 Å². The lowest BCUT2D eigenvalue weighted by Crippen LogP contribution is -2.41. The monoisotopic (exact) mass is 470 g/mol. The minimum atomic E-state index is -0.658. The van der Waals surface area contributed by atoms with Crippen molar-refractivity contribution < 1.29 is 19.2 Å². The highest BCUT2D eigenvalue weighted by molar-refractivity contribution is 5.89. The molecule has 8 heteroatoms. The minimum absolute atomic E-state index is 0.234. The van der Waals surface area contributed by atoms with E-state index in [0.717, 1.165) is 83.1 Å². The summed E-state index contributed by atoms with van der Waals surface area (Å²) in [6, 6.07) is 5.50. The number of carbonyl (C=O) groups is 4. The van der Waals surface area contributed by atoms with E-state index in [2.05, 4.69) is 17.0 Å². The molecule has 2 heterocycles. The molecule has 2 amide bonds. The predicted molar refractivity (Wildman–Crippen MR) is 133 cm³/mol. The Balaban J connectivity index is 1.65. The SMILES string of the molecule is CN(C)c1cc(C2CCN(CC3CCN(C=O)CC3)CC2)ccc1N(C=O)C(C=O)CCC=O. The van der Waals surface area contributed by atoms with Gasteiger partial charge in [0.2, 0.25) is 12.8 Å². The van der Waals surface area contributed by atoms with Crippen LogP contribution in [-0.2, 0) is 19.2 Å². The van der Waals surface area contributed by atoms with Crippen LogP contribution < -0.4 is 9.80 Å². The maximum Gasteiger partial charge on any atom is 0.214 e. The number of piperidine rings is 2. The first-order valence-electron chi connectivity index (χ1n) is 12.4. The zero-order valence-electron chi connectivity index (χ0n) is 20.5. The van der Waals surface area contributed by atoms with E-state index in [1.165, 1.54) is 10.5 Å². The van der Waals surface area contributed by atoms with E-state index in [-0.39, 0.29) is 6.42 Å². The summed E-state index contributed by atoms with van der Waals surface area (Å²) in [5.41, 5.74) is 2.84. The van der Waals surface area contributed by atoms with Gasteiger partial charge in [-0.25, -0.2) is 0 Å². The number of benzene rings is 1. The van der Waals surface area contributed by atoms with Crippen LogP contribution in [0.1, 0.15) is 50.0 Å². The van der Waals surface area contributed by atoms with Gasteiger partial charge in [0.15, 0.2) is 0 Å². The van der Waals surface area contributed by atoms with Gasteiger partial charge in [-0.15, -0.1) is 0 Å². The summed E-state index contributed by atoms with van der Waals surface area (Å²) in [5.74, 6) is 1.13. The van der Waals surface area contributed by atoms with Crippen LogP contribution in [-0.4, -0.2) is 88.1 Å². The van der Waals surface area contributed by atoms with Gasteiger partial charge in [0.05, 0.1) is 17.4 Å². The molecule has 0 saturated carbocycles. The van der Waals surface area contributed by atoms with Gasteiger partial charge in [-0.2, -0.15) is 0 Å². The number of rotatable bonds is 12. The number of hydrogen-bond acceptors (Lipinski definition) is 6. The largest absolute Gasteiger partial charge is 0.376 e. The molecule has 1 aromatic rings. The molecule has 2 aliphatic heterocycles. The Morgan fingerprint density at radius 1 is 0.971 bits per heavy atom. The van der Waals surface area contributed by atoms with Crippen molar-refractivity contribution in [1.82, 2.24) is 9.80 Å². The Bertz CT molecular complexity index is 830. The molecule has 0 N–H and O–H groups in total. The molecule has 0 aliphatic carbocycles. The molecule has 3 rings (SSSR count). The smallest absolute Gasteiger partial charge is 0.214 e. The maximum atomic E-state index is 11.9. The van der Waals surface area contributed by atoms with Gasteiger partial charge in [-0.1, -0.05) is 6.07 Å². The lowest BCUT2D eigenvalue weighted by molar-refractivity contribution is -0.119. The quantitative estimate of drug-likeness (QED) is 0.436. The summed E-state index contributed by atoms with van der Waals surface area (Å²) in [5, 5.41) is 0. The maximum absolute atomic E-state index is 11.9. The second-order valence-corrected chi connectivity index (χ2v) is 9.76. The molecule has 1 unspecified atom stereocenters. The summed E-state index contributed by atoms with van der Waals surface area (Å²) < 4.78 is 0. The molecule has 34 heavy (non-hydrogen) atoms.